The Morgan fingerprint density at radius 1 is 1.12 bits per heavy atom. The van der Waals surface area contributed by atoms with Crippen molar-refractivity contribution in [1.82, 2.24) is 41.2 Å². The summed E-state index contributed by atoms with van der Waals surface area (Å²) >= 11 is 6.53. The fraction of sp³-hybridized carbons (Fsp3) is 0.500. The van der Waals surface area contributed by atoms with E-state index in [2.05, 4.69) is 56.7 Å². The third kappa shape index (κ3) is 16.8. The number of ether oxygens (including phenoxy) is 3. The van der Waals surface area contributed by atoms with E-state index in [1.54, 1.807) is 19.1 Å². The second kappa shape index (κ2) is 27.4. The number of unbranched alkanes of at least 4 members (excludes halogenated alkanes) is 1. The Morgan fingerprint density at radius 2 is 1.88 bits per heavy atom. The summed E-state index contributed by atoms with van der Waals surface area (Å²) in [7, 11) is 0. The molecule has 3 rings (SSSR count). The average molecular weight is 719 g/mol. The molecule has 0 radical (unpaired) electrons. The number of imidazole rings is 1. The Bertz CT molecular complexity index is 1380. The van der Waals surface area contributed by atoms with E-state index < -0.39 is 12.3 Å². The zero-order valence-electron chi connectivity index (χ0n) is 29.9. The van der Waals surface area contributed by atoms with Crippen LogP contribution in [0.4, 0.5) is 0 Å². The minimum Gasteiger partial charge on any atom is -0.431 e. The molecule has 1 aromatic carbocycles. The molecule has 50 heavy (non-hydrogen) atoms. The zero-order valence-corrected chi connectivity index (χ0v) is 30.7. The van der Waals surface area contributed by atoms with E-state index in [-0.39, 0.29) is 24.2 Å². The van der Waals surface area contributed by atoms with Gasteiger partial charge in [-0.25, -0.2) is 14.6 Å². The number of halogens is 1. The Hall–Kier alpha value is -4.44. The number of esters is 1. The summed E-state index contributed by atoms with van der Waals surface area (Å²) in [6, 6.07) is 8.01. The van der Waals surface area contributed by atoms with E-state index in [4.69, 9.17) is 30.6 Å². The summed E-state index contributed by atoms with van der Waals surface area (Å²) in [4.78, 5) is 34.6. The summed E-state index contributed by atoms with van der Waals surface area (Å²) in [5, 5.41) is 12.3. The predicted molar refractivity (Wildman–Crippen MR) is 192 cm³/mol. The number of carbonyl (C=O) groups is 1. The highest BCUT2D eigenvalue weighted by Gasteiger charge is 2.26. The molecule has 0 aliphatic carbocycles. The fourth-order valence-electron chi connectivity index (χ4n) is 4.16. The molecule has 2 heterocycles. The molecule has 0 saturated heterocycles. The molecular weight excluding hydrogens is 666 g/mol. The Morgan fingerprint density at radius 3 is 2.46 bits per heavy atom. The molecule has 15 nitrogen and oxygen atoms in total. The third-order valence-electron chi connectivity index (χ3n) is 6.45. The van der Waals surface area contributed by atoms with E-state index in [9.17, 15) is 9.70 Å². The van der Waals surface area contributed by atoms with Gasteiger partial charge in [-0.05, 0) is 36.5 Å². The first kappa shape index (κ1) is 43.6. The van der Waals surface area contributed by atoms with E-state index in [0.717, 1.165) is 41.8 Å². The minimum atomic E-state index is -0.823. The molecule has 0 fully saturated rings. The van der Waals surface area contributed by atoms with E-state index in [1.807, 2.05) is 55.7 Å². The summed E-state index contributed by atoms with van der Waals surface area (Å²) in [6.07, 6.45) is 10.2. The maximum Gasteiger partial charge on any atom is 0.360 e. The van der Waals surface area contributed by atoms with Gasteiger partial charge in [0.15, 0.2) is 24.0 Å². The summed E-state index contributed by atoms with van der Waals surface area (Å²) in [6.45, 7) is 18.9. The van der Waals surface area contributed by atoms with Gasteiger partial charge in [0.2, 0.25) is 6.29 Å². The number of allylic oxidation sites excluding steroid dienone is 4. The van der Waals surface area contributed by atoms with Crippen LogP contribution in [-0.2, 0) is 32.0 Å². The van der Waals surface area contributed by atoms with Gasteiger partial charge in [0.25, 0.3) is 4.98 Å². The van der Waals surface area contributed by atoms with Gasteiger partial charge in [-0.2, -0.15) is 5.21 Å². The number of aromatic nitrogens is 6. The highest BCUT2D eigenvalue weighted by Crippen LogP contribution is 2.24. The third-order valence-corrected chi connectivity index (χ3v) is 6.71. The number of benzene rings is 1. The van der Waals surface area contributed by atoms with Gasteiger partial charge in [0.1, 0.15) is 5.82 Å². The van der Waals surface area contributed by atoms with E-state index in [1.165, 1.54) is 6.33 Å². The number of hydrogen-bond acceptors (Lipinski definition) is 10. The number of tetrazole rings is 1. The zero-order chi connectivity index (χ0) is 37.0. The normalized spacial score (nSPS) is 11.3. The fourth-order valence-corrected chi connectivity index (χ4v) is 4.44. The van der Waals surface area contributed by atoms with E-state index in [0.29, 0.717) is 43.9 Å². The van der Waals surface area contributed by atoms with Crippen molar-refractivity contribution in [3.63, 3.8) is 0 Å². The molecule has 0 saturated carbocycles. The quantitative estimate of drug-likeness (QED) is 0.0250. The Labute approximate surface area is 299 Å². The van der Waals surface area contributed by atoms with Crippen LogP contribution in [0.15, 0.2) is 62.0 Å². The van der Waals surface area contributed by atoms with Gasteiger partial charge in [-0.3, -0.25) is 0 Å². The molecule has 1 unspecified atom stereocenters. The number of carbonyl (C=O) groups excluding carboxylic acids is 1. The van der Waals surface area contributed by atoms with Crippen molar-refractivity contribution < 1.29 is 28.8 Å². The van der Waals surface area contributed by atoms with Gasteiger partial charge in [-0.15, -0.1) is 15.6 Å². The Kier molecular flexibility index (Phi) is 23.9. The molecule has 3 N–H and O–H groups in total. The first-order valence-electron chi connectivity index (χ1n) is 16.8. The van der Waals surface area contributed by atoms with Crippen LogP contribution in [0.3, 0.4) is 0 Å². The second-order valence-corrected chi connectivity index (χ2v) is 10.4. The lowest BCUT2D eigenvalue weighted by molar-refractivity contribution is -0.706. The van der Waals surface area contributed by atoms with Gasteiger partial charge in [0, 0.05) is 25.0 Å². The number of hydrazine groups is 2. The smallest absolute Gasteiger partial charge is 0.360 e. The Balaban J connectivity index is 0.00000160. The number of aryl methyl sites for hydroxylation is 1. The van der Waals surface area contributed by atoms with Crippen LogP contribution in [0.2, 0.25) is 5.15 Å². The average Bonchev–Trinajstić information content (AvgIpc) is 3.81. The largest absolute Gasteiger partial charge is 0.431 e. The summed E-state index contributed by atoms with van der Waals surface area (Å²) < 4.78 is 18.8. The molecule has 1 atom stereocenters. The van der Waals surface area contributed by atoms with Gasteiger partial charge < -0.3 is 18.8 Å². The van der Waals surface area contributed by atoms with Crippen molar-refractivity contribution in [2.24, 2.45) is 0 Å². The molecule has 2 aromatic heterocycles. The molecule has 3 aromatic rings. The highest BCUT2D eigenvalue weighted by molar-refractivity contribution is 6.32. The minimum absolute atomic E-state index is 0.0788. The van der Waals surface area contributed by atoms with Crippen molar-refractivity contribution in [3.05, 3.63) is 94.7 Å². The number of rotatable bonds is 23. The van der Waals surface area contributed by atoms with Gasteiger partial charge >= 0.3 is 5.97 Å². The lowest BCUT2D eigenvalue weighted by Gasteiger charge is -2.19. The number of nitroso groups, excluding NO2 is 1. The van der Waals surface area contributed by atoms with Crippen molar-refractivity contribution in [2.75, 3.05) is 26.6 Å². The maximum atomic E-state index is 13.4. The predicted octanol–water partition coefficient (Wildman–Crippen LogP) is 6.31. The number of nitrogens with zero attached hydrogens (tertiary/aromatic N) is 6. The lowest BCUT2D eigenvalue weighted by Crippen LogP contribution is -2.38. The second-order valence-electron chi connectivity index (χ2n) is 10.1. The standard InChI is InChI=1S/C31H45ClN5O6.C2H6.CH2N4/c1-6-11-15-27-34-30(32)29(36(27)22-24-16-18-26(19-17-24)25(9-4)13-7-2)31(38)43-28(14-8-3)41-23-40-20-12-21-42-35-37(39)33-10-5;1-2;1-2-4-5-3-1/h7,9,13,16-19,28H,2,4,6,8,10-12,14-15,20-23H2,1,3,5H3,(H2,33,35,39);1-2H3;1H,(H,2,3,4,5)/q+1;;/b25-13+;;. The van der Waals surface area contributed by atoms with Crippen LogP contribution >= 0.6 is 11.6 Å². The van der Waals surface area contributed by atoms with Crippen LogP contribution in [0.1, 0.15) is 94.2 Å². The first-order chi connectivity index (χ1) is 24.4. The highest BCUT2D eigenvalue weighted by atomic mass is 35.5. The van der Waals surface area contributed by atoms with Gasteiger partial charge in [0.05, 0.1) is 24.7 Å². The lowest BCUT2D eigenvalue weighted by atomic mass is 10.0. The molecule has 0 aliphatic heterocycles. The number of aromatic amines is 1. The van der Waals surface area contributed by atoms with Gasteiger partial charge in [-0.1, -0.05) is 113 Å². The van der Waals surface area contributed by atoms with Crippen molar-refractivity contribution >= 4 is 23.1 Å². The van der Waals surface area contributed by atoms with Crippen molar-refractivity contribution in [3.8, 4) is 0 Å². The van der Waals surface area contributed by atoms with E-state index >= 15 is 0 Å². The molecule has 16 heteroatoms. The van der Waals surface area contributed by atoms with Crippen molar-refractivity contribution in [2.45, 2.75) is 86.0 Å². The SMILES string of the molecule is C=C/C=C(\C=C)c1ccc(Cn2c(CCCC)nc(Cl)c2C(=O)OC(CCC)OCOCCCON[N+](=O)NCC)cc1.CC.c1nn[nH]n1. The number of H-pyrrole nitrogens is 1. The molecule has 0 bridgehead atoms. The summed E-state index contributed by atoms with van der Waals surface area (Å²) in [5.74, 6) is 0.111. The van der Waals surface area contributed by atoms with Crippen LogP contribution in [0, 0.1) is 4.91 Å². The van der Waals surface area contributed by atoms with Crippen molar-refractivity contribution in [1.29, 1.82) is 0 Å². The first-order valence-corrected chi connectivity index (χ1v) is 17.2. The van der Waals surface area contributed by atoms with Crippen LogP contribution in [0.5, 0.6) is 0 Å². The topological polar surface area (TPSA) is 170 Å². The number of hydrogen-bond donors (Lipinski definition) is 3. The van der Waals surface area contributed by atoms with Crippen LogP contribution in [0.25, 0.3) is 5.57 Å². The maximum absolute atomic E-state index is 13.4. The van der Waals surface area contributed by atoms with Crippen LogP contribution in [-0.4, -0.2) is 74.0 Å². The molecule has 0 amide bonds. The summed E-state index contributed by atoms with van der Waals surface area (Å²) in [5.41, 5.74) is 7.81. The van der Waals surface area contributed by atoms with Crippen LogP contribution < -0.4 is 11.0 Å². The molecular formula is C34H53ClN9O6+. The monoisotopic (exact) mass is 718 g/mol. The molecule has 0 spiro atoms. The molecule has 276 valence electrons. The molecule has 0 aliphatic rings. The number of nitrogens with one attached hydrogen (secondary N) is 3.